The van der Waals surface area contributed by atoms with Crippen LogP contribution in [0.25, 0.3) is 0 Å². The third-order valence-corrected chi connectivity index (χ3v) is 3.08. The maximum Gasteiger partial charge on any atom is 0.315 e. The van der Waals surface area contributed by atoms with Crippen LogP contribution in [0.4, 0.5) is 4.79 Å². The van der Waals surface area contributed by atoms with Crippen molar-refractivity contribution in [2.45, 2.75) is 32.2 Å². The molecule has 0 radical (unpaired) electrons. The third-order valence-electron chi connectivity index (χ3n) is 2.28. The average molecular weight is 257 g/mol. The minimum atomic E-state index is -0.275. The first-order valence-electron chi connectivity index (χ1n) is 5.79. The maximum atomic E-state index is 11.5. The van der Waals surface area contributed by atoms with Gasteiger partial charge in [-0.1, -0.05) is 13.3 Å². The Morgan fingerprint density at radius 3 is 3.06 bits per heavy atom. The molecular formula is C11H19N3O2S. The van der Waals surface area contributed by atoms with Gasteiger partial charge in [0.15, 0.2) is 0 Å². The first kappa shape index (κ1) is 13.9. The average Bonchev–Trinajstić information content (AvgIpc) is 2.81. The van der Waals surface area contributed by atoms with Gasteiger partial charge in [0, 0.05) is 24.5 Å². The van der Waals surface area contributed by atoms with E-state index >= 15 is 0 Å². The van der Waals surface area contributed by atoms with E-state index in [1.165, 1.54) is 11.3 Å². The van der Waals surface area contributed by atoms with Crippen molar-refractivity contribution in [2.75, 3.05) is 13.2 Å². The third kappa shape index (κ3) is 5.65. The summed E-state index contributed by atoms with van der Waals surface area (Å²) in [4.78, 5) is 15.6. The van der Waals surface area contributed by atoms with Crippen LogP contribution < -0.4 is 10.6 Å². The van der Waals surface area contributed by atoms with Crippen LogP contribution >= 0.6 is 11.3 Å². The summed E-state index contributed by atoms with van der Waals surface area (Å²) in [6, 6.07) is -0.503. The highest BCUT2D eigenvalue weighted by atomic mass is 32.1. The summed E-state index contributed by atoms with van der Waals surface area (Å²) in [6.07, 6.45) is 4.29. The maximum absolute atomic E-state index is 11.5. The van der Waals surface area contributed by atoms with Crippen molar-refractivity contribution in [2.24, 2.45) is 0 Å². The number of urea groups is 1. The molecule has 1 heterocycles. The van der Waals surface area contributed by atoms with E-state index in [4.69, 9.17) is 0 Å². The van der Waals surface area contributed by atoms with Gasteiger partial charge in [0.25, 0.3) is 0 Å². The zero-order chi connectivity index (χ0) is 12.5. The number of nitrogens with zero attached hydrogens (tertiary/aromatic N) is 1. The molecule has 0 aliphatic rings. The van der Waals surface area contributed by atoms with E-state index < -0.39 is 0 Å². The van der Waals surface area contributed by atoms with Crippen molar-refractivity contribution in [3.8, 4) is 0 Å². The summed E-state index contributed by atoms with van der Waals surface area (Å²) < 4.78 is 0. The number of rotatable bonds is 7. The molecule has 17 heavy (non-hydrogen) atoms. The number of nitrogens with one attached hydrogen (secondary N) is 2. The highest BCUT2D eigenvalue weighted by Crippen LogP contribution is 2.06. The van der Waals surface area contributed by atoms with Crippen LogP contribution in [0.2, 0.25) is 0 Å². The van der Waals surface area contributed by atoms with Crippen molar-refractivity contribution in [1.29, 1.82) is 0 Å². The molecule has 6 heteroatoms. The molecule has 96 valence electrons. The minimum absolute atomic E-state index is 0.0826. The van der Waals surface area contributed by atoms with E-state index in [0.29, 0.717) is 13.0 Å². The fourth-order valence-electron chi connectivity index (χ4n) is 1.34. The SMILES string of the molecule is CCCCNC(=O)NC(CO)Cc1nccs1. The summed E-state index contributed by atoms with van der Waals surface area (Å²) in [7, 11) is 0. The van der Waals surface area contributed by atoms with Crippen molar-refractivity contribution < 1.29 is 9.90 Å². The molecule has 0 aliphatic carbocycles. The number of hydrogen-bond donors (Lipinski definition) is 3. The van der Waals surface area contributed by atoms with Crippen LogP contribution in [0.1, 0.15) is 24.8 Å². The molecule has 0 fully saturated rings. The predicted octanol–water partition coefficient (Wildman–Crippen LogP) is 1.15. The van der Waals surface area contributed by atoms with Crippen molar-refractivity contribution in [1.82, 2.24) is 15.6 Å². The van der Waals surface area contributed by atoms with Crippen LogP contribution in [0.3, 0.4) is 0 Å². The quantitative estimate of drug-likeness (QED) is 0.641. The van der Waals surface area contributed by atoms with Crippen LogP contribution in [0, 0.1) is 0 Å². The molecule has 1 atom stereocenters. The highest BCUT2D eigenvalue weighted by Gasteiger charge is 2.12. The zero-order valence-corrected chi connectivity index (χ0v) is 10.8. The minimum Gasteiger partial charge on any atom is -0.394 e. The van der Waals surface area contributed by atoms with Gasteiger partial charge in [0.2, 0.25) is 0 Å². The van der Waals surface area contributed by atoms with Gasteiger partial charge in [-0.05, 0) is 6.42 Å². The summed E-state index contributed by atoms with van der Waals surface area (Å²) in [5, 5.41) is 17.5. The molecule has 3 N–H and O–H groups in total. The number of carbonyl (C=O) groups excluding carboxylic acids is 1. The lowest BCUT2D eigenvalue weighted by Gasteiger charge is -2.15. The van der Waals surface area contributed by atoms with Gasteiger partial charge in [-0.2, -0.15) is 0 Å². The van der Waals surface area contributed by atoms with Gasteiger partial charge in [-0.25, -0.2) is 9.78 Å². The Hall–Kier alpha value is -1.14. The second-order valence-corrected chi connectivity index (χ2v) is 4.74. The topological polar surface area (TPSA) is 74.2 Å². The van der Waals surface area contributed by atoms with E-state index in [1.807, 2.05) is 5.38 Å². The van der Waals surface area contributed by atoms with Crippen LogP contribution in [0.15, 0.2) is 11.6 Å². The molecular weight excluding hydrogens is 238 g/mol. The van der Waals surface area contributed by atoms with Crippen molar-refractivity contribution in [3.63, 3.8) is 0 Å². The lowest BCUT2D eigenvalue weighted by atomic mass is 10.2. The molecule has 1 aromatic rings. The van der Waals surface area contributed by atoms with E-state index in [2.05, 4.69) is 22.5 Å². The Bertz CT molecular complexity index is 317. The van der Waals surface area contributed by atoms with Gasteiger partial charge >= 0.3 is 6.03 Å². The highest BCUT2D eigenvalue weighted by molar-refractivity contribution is 7.09. The molecule has 5 nitrogen and oxygen atoms in total. The van der Waals surface area contributed by atoms with Gasteiger partial charge in [-0.3, -0.25) is 0 Å². The number of unbranched alkanes of at least 4 members (excludes halogenated alkanes) is 1. The standard InChI is InChI=1S/C11H19N3O2S/c1-2-3-4-13-11(16)14-9(8-15)7-10-12-5-6-17-10/h5-6,9,15H,2-4,7-8H2,1H3,(H2,13,14,16). The Kier molecular flexibility index (Phi) is 6.57. The smallest absolute Gasteiger partial charge is 0.315 e. The fraction of sp³-hybridized carbons (Fsp3) is 0.636. The van der Waals surface area contributed by atoms with Crippen molar-refractivity contribution >= 4 is 17.4 Å². The van der Waals surface area contributed by atoms with Gasteiger partial charge in [-0.15, -0.1) is 11.3 Å². The zero-order valence-electron chi connectivity index (χ0n) is 9.98. The number of aliphatic hydroxyl groups is 1. The molecule has 1 unspecified atom stereocenters. The summed E-state index contributed by atoms with van der Waals surface area (Å²) >= 11 is 1.52. The molecule has 0 saturated heterocycles. The first-order chi connectivity index (χ1) is 8.26. The van der Waals surface area contributed by atoms with E-state index in [0.717, 1.165) is 17.8 Å². The van der Waals surface area contributed by atoms with Crippen molar-refractivity contribution in [3.05, 3.63) is 16.6 Å². The Labute approximate surface area is 105 Å². The Morgan fingerprint density at radius 1 is 1.65 bits per heavy atom. The summed E-state index contributed by atoms with van der Waals surface area (Å²) in [5.74, 6) is 0. The van der Waals surface area contributed by atoms with Crippen LogP contribution in [-0.2, 0) is 6.42 Å². The first-order valence-corrected chi connectivity index (χ1v) is 6.67. The molecule has 0 aromatic carbocycles. The largest absolute Gasteiger partial charge is 0.394 e. The molecule has 0 bridgehead atoms. The Balaban J connectivity index is 2.28. The second kappa shape index (κ2) is 8.03. The Morgan fingerprint density at radius 2 is 2.47 bits per heavy atom. The van der Waals surface area contributed by atoms with Crippen LogP contribution in [0.5, 0.6) is 0 Å². The molecule has 0 aliphatic heterocycles. The van der Waals surface area contributed by atoms with Gasteiger partial charge in [0.1, 0.15) is 0 Å². The molecule has 0 spiro atoms. The van der Waals surface area contributed by atoms with E-state index in [9.17, 15) is 9.90 Å². The number of hydrogen-bond acceptors (Lipinski definition) is 4. The molecule has 1 aromatic heterocycles. The lowest BCUT2D eigenvalue weighted by Crippen LogP contribution is -2.45. The number of amides is 2. The molecule has 2 amide bonds. The molecule has 1 rings (SSSR count). The normalized spacial score (nSPS) is 12.1. The second-order valence-electron chi connectivity index (χ2n) is 3.76. The number of aromatic nitrogens is 1. The van der Waals surface area contributed by atoms with Gasteiger partial charge < -0.3 is 15.7 Å². The number of aliphatic hydroxyl groups excluding tert-OH is 1. The molecule has 0 saturated carbocycles. The van der Waals surface area contributed by atoms with Crippen LogP contribution in [-0.4, -0.2) is 35.3 Å². The summed E-state index contributed by atoms with van der Waals surface area (Å²) in [6.45, 7) is 2.65. The number of carbonyl (C=O) groups is 1. The van der Waals surface area contributed by atoms with Gasteiger partial charge in [0.05, 0.1) is 17.7 Å². The van der Waals surface area contributed by atoms with E-state index in [1.54, 1.807) is 6.20 Å². The lowest BCUT2D eigenvalue weighted by molar-refractivity contribution is 0.215. The van der Waals surface area contributed by atoms with E-state index in [-0.39, 0.29) is 18.7 Å². The fourth-order valence-corrected chi connectivity index (χ4v) is 2.04. The predicted molar refractivity (Wildman–Crippen MR) is 68.1 cm³/mol. The summed E-state index contributed by atoms with van der Waals surface area (Å²) in [5.41, 5.74) is 0. The monoisotopic (exact) mass is 257 g/mol. The number of thiazole rings is 1.